The molecule has 6 heteroatoms. The molecule has 0 radical (unpaired) electrons. The number of carbonyl (C=O) groups is 2. The zero-order valence-electron chi connectivity index (χ0n) is 16.0. The molecule has 0 fully saturated rings. The molecule has 3 aromatic rings. The van der Waals surface area contributed by atoms with Crippen molar-refractivity contribution in [1.82, 2.24) is 9.97 Å². The quantitative estimate of drug-likeness (QED) is 0.435. The predicted octanol–water partition coefficient (Wildman–Crippen LogP) is 4.04. The van der Waals surface area contributed by atoms with Gasteiger partial charge in [0.1, 0.15) is 12.4 Å². The second-order valence-corrected chi connectivity index (χ2v) is 6.29. The Hall–Kier alpha value is -3.28. The first-order valence-electron chi connectivity index (χ1n) is 9.20. The SMILES string of the molecule is CCOc1ccc(C(=O)CCC(=O)OCc2nc3ccccc3nc2C)cc1. The van der Waals surface area contributed by atoms with Gasteiger partial charge in [0.25, 0.3) is 0 Å². The third-order valence-electron chi connectivity index (χ3n) is 4.26. The van der Waals surface area contributed by atoms with Gasteiger partial charge >= 0.3 is 5.97 Å². The largest absolute Gasteiger partial charge is 0.494 e. The van der Waals surface area contributed by atoms with Gasteiger partial charge in [-0.1, -0.05) is 12.1 Å². The summed E-state index contributed by atoms with van der Waals surface area (Å²) in [4.78, 5) is 33.2. The van der Waals surface area contributed by atoms with Gasteiger partial charge in [-0.2, -0.15) is 0 Å². The third kappa shape index (κ3) is 4.91. The van der Waals surface area contributed by atoms with E-state index >= 15 is 0 Å². The van der Waals surface area contributed by atoms with Gasteiger partial charge < -0.3 is 9.47 Å². The van der Waals surface area contributed by atoms with Crippen LogP contribution in [0, 0.1) is 6.92 Å². The van der Waals surface area contributed by atoms with Crippen LogP contribution in [0.4, 0.5) is 0 Å². The number of ketones is 1. The molecule has 28 heavy (non-hydrogen) atoms. The predicted molar refractivity (Wildman–Crippen MR) is 105 cm³/mol. The molecular weight excluding hydrogens is 356 g/mol. The number of hydrogen-bond acceptors (Lipinski definition) is 6. The maximum absolute atomic E-state index is 12.2. The first-order chi connectivity index (χ1) is 13.6. The minimum atomic E-state index is -0.436. The Morgan fingerprint density at radius 2 is 1.61 bits per heavy atom. The van der Waals surface area contributed by atoms with Crippen LogP contribution in [0.25, 0.3) is 11.0 Å². The number of aromatic nitrogens is 2. The Bertz CT molecular complexity index is 983. The lowest BCUT2D eigenvalue weighted by atomic mass is 10.1. The van der Waals surface area contributed by atoms with Crippen molar-refractivity contribution in [3.63, 3.8) is 0 Å². The number of rotatable bonds is 8. The minimum absolute atomic E-state index is 0.0199. The van der Waals surface area contributed by atoms with Gasteiger partial charge in [-0.3, -0.25) is 9.59 Å². The summed E-state index contributed by atoms with van der Waals surface area (Å²) in [5.74, 6) is 0.167. The molecule has 0 aliphatic heterocycles. The molecule has 0 atom stereocenters. The van der Waals surface area contributed by atoms with Gasteiger partial charge in [0.15, 0.2) is 5.78 Å². The molecule has 2 aromatic carbocycles. The molecular formula is C22H22N2O4. The van der Waals surface area contributed by atoms with E-state index in [9.17, 15) is 9.59 Å². The number of nitrogens with zero attached hydrogens (tertiary/aromatic N) is 2. The normalized spacial score (nSPS) is 10.6. The average molecular weight is 378 g/mol. The number of carbonyl (C=O) groups excluding carboxylic acids is 2. The van der Waals surface area contributed by atoms with E-state index in [4.69, 9.17) is 9.47 Å². The van der Waals surface area contributed by atoms with E-state index in [0.717, 1.165) is 16.7 Å². The van der Waals surface area contributed by atoms with Crippen LogP contribution >= 0.6 is 0 Å². The van der Waals surface area contributed by atoms with Gasteiger partial charge in [-0.05, 0) is 50.2 Å². The Kier molecular flexibility index (Phi) is 6.32. The minimum Gasteiger partial charge on any atom is -0.494 e. The van der Waals surface area contributed by atoms with Crippen LogP contribution in [0.2, 0.25) is 0 Å². The van der Waals surface area contributed by atoms with E-state index in [0.29, 0.717) is 23.6 Å². The van der Waals surface area contributed by atoms with Crippen molar-refractivity contribution in [2.24, 2.45) is 0 Å². The maximum atomic E-state index is 12.2. The van der Waals surface area contributed by atoms with Crippen molar-refractivity contribution in [1.29, 1.82) is 0 Å². The van der Waals surface area contributed by atoms with Crippen molar-refractivity contribution in [3.8, 4) is 5.75 Å². The van der Waals surface area contributed by atoms with Crippen LogP contribution in [-0.4, -0.2) is 28.3 Å². The molecule has 0 spiro atoms. The lowest BCUT2D eigenvalue weighted by Gasteiger charge is -2.08. The Balaban J connectivity index is 1.51. The smallest absolute Gasteiger partial charge is 0.306 e. The summed E-state index contributed by atoms with van der Waals surface area (Å²) in [6.07, 6.45) is 0.112. The molecule has 0 aliphatic carbocycles. The molecule has 0 aliphatic rings. The number of esters is 1. The number of benzene rings is 2. The zero-order chi connectivity index (χ0) is 19.9. The molecule has 0 bridgehead atoms. The number of ether oxygens (including phenoxy) is 2. The van der Waals surface area contributed by atoms with E-state index in [-0.39, 0.29) is 25.2 Å². The second kappa shape index (κ2) is 9.08. The van der Waals surface area contributed by atoms with Crippen LogP contribution in [-0.2, 0) is 16.1 Å². The number of hydrogen-bond donors (Lipinski definition) is 0. The highest BCUT2D eigenvalue weighted by molar-refractivity contribution is 5.97. The number of aryl methyl sites for hydroxylation is 1. The fourth-order valence-electron chi connectivity index (χ4n) is 2.75. The number of Topliss-reactive ketones (excluding diaryl/α,β-unsaturated/α-hetero) is 1. The fourth-order valence-corrected chi connectivity index (χ4v) is 2.75. The molecule has 1 heterocycles. The Morgan fingerprint density at radius 1 is 0.929 bits per heavy atom. The fraction of sp³-hybridized carbons (Fsp3) is 0.273. The van der Waals surface area contributed by atoms with E-state index < -0.39 is 5.97 Å². The summed E-state index contributed by atoms with van der Waals surface area (Å²) < 4.78 is 10.6. The molecule has 1 aromatic heterocycles. The highest BCUT2D eigenvalue weighted by atomic mass is 16.5. The second-order valence-electron chi connectivity index (χ2n) is 6.29. The van der Waals surface area contributed by atoms with Crippen LogP contribution in [0.15, 0.2) is 48.5 Å². The molecule has 0 amide bonds. The van der Waals surface area contributed by atoms with Crippen molar-refractivity contribution in [3.05, 3.63) is 65.5 Å². The van der Waals surface area contributed by atoms with E-state index in [1.54, 1.807) is 24.3 Å². The maximum Gasteiger partial charge on any atom is 0.306 e. The lowest BCUT2D eigenvalue weighted by Crippen LogP contribution is -2.10. The van der Waals surface area contributed by atoms with Gasteiger partial charge in [0.2, 0.25) is 0 Å². The van der Waals surface area contributed by atoms with Crippen molar-refractivity contribution in [2.75, 3.05) is 6.61 Å². The molecule has 0 N–H and O–H groups in total. The van der Waals surface area contributed by atoms with Gasteiger partial charge in [0.05, 0.1) is 35.4 Å². The summed E-state index contributed by atoms with van der Waals surface area (Å²) in [5.41, 5.74) is 3.44. The monoisotopic (exact) mass is 378 g/mol. The molecule has 0 saturated heterocycles. The van der Waals surface area contributed by atoms with E-state index in [2.05, 4.69) is 9.97 Å². The Morgan fingerprint density at radius 3 is 2.29 bits per heavy atom. The van der Waals surface area contributed by atoms with Gasteiger partial charge in [-0.25, -0.2) is 9.97 Å². The zero-order valence-corrected chi connectivity index (χ0v) is 16.0. The topological polar surface area (TPSA) is 78.4 Å². The summed E-state index contributed by atoms with van der Waals surface area (Å²) >= 11 is 0. The molecule has 144 valence electrons. The number of fused-ring (bicyclic) bond motifs is 1. The molecule has 0 unspecified atom stereocenters. The highest BCUT2D eigenvalue weighted by Crippen LogP contribution is 2.15. The van der Waals surface area contributed by atoms with Crippen LogP contribution in [0.1, 0.15) is 41.5 Å². The lowest BCUT2D eigenvalue weighted by molar-refractivity contribution is -0.145. The van der Waals surface area contributed by atoms with E-state index in [1.807, 2.05) is 38.1 Å². The van der Waals surface area contributed by atoms with Crippen molar-refractivity contribution < 1.29 is 19.1 Å². The first-order valence-corrected chi connectivity index (χ1v) is 9.20. The first kappa shape index (κ1) is 19.5. The van der Waals surface area contributed by atoms with Crippen molar-refractivity contribution >= 4 is 22.8 Å². The number of para-hydroxylation sites is 2. The van der Waals surface area contributed by atoms with E-state index in [1.165, 1.54) is 0 Å². The molecule has 6 nitrogen and oxygen atoms in total. The molecule has 3 rings (SSSR count). The highest BCUT2D eigenvalue weighted by Gasteiger charge is 2.12. The summed E-state index contributed by atoms with van der Waals surface area (Å²) in [5, 5.41) is 0. The van der Waals surface area contributed by atoms with Crippen LogP contribution < -0.4 is 4.74 Å². The standard InChI is InChI=1S/C22H22N2O4/c1-3-27-17-10-8-16(9-11-17)21(25)12-13-22(26)28-14-20-15(2)23-18-6-4-5-7-19(18)24-20/h4-11H,3,12-14H2,1-2H3. The summed E-state index contributed by atoms with van der Waals surface area (Å²) in [6, 6.07) is 14.4. The van der Waals surface area contributed by atoms with Crippen LogP contribution in [0.3, 0.4) is 0 Å². The van der Waals surface area contributed by atoms with Crippen LogP contribution in [0.5, 0.6) is 5.75 Å². The van der Waals surface area contributed by atoms with Gasteiger partial charge in [0, 0.05) is 12.0 Å². The summed E-state index contributed by atoms with van der Waals surface area (Å²) in [7, 11) is 0. The average Bonchev–Trinajstić information content (AvgIpc) is 2.71. The third-order valence-corrected chi connectivity index (χ3v) is 4.26. The van der Waals surface area contributed by atoms with Gasteiger partial charge in [-0.15, -0.1) is 0 Å². The Labute approximate surface area is 163 Å². The summed E-state index contributed by atoms with van der Waals surface area (Å²) in [6.45, 7) is 4.34. The van der Waals surface area contributed by atoms with Crippen molar-refractivity contribution in [2.45, 2.75) is 33.3 Å². The molecule has 0 saturated carbocycles.